The van der Waals surface area contributed by atoms with Gasteiger partial charge in [0.25, 0.3) is 0 Å². The smallest absolute Gasteiger partial charge is 0.245 e. The average molecular weight is 269 g/mol. The second-order valence-electron chi connectivity index (χ2n) is 5.90. The summed E-state index contributed by atoms with van der Waals surface area (Å²) in [6.07, 6.45) is 0.672. The molecule has 0 aromatic carbocycles. The number of carbonyl (C=O) groups is 3. The summed E-state index contributed by atoms with van der Waals surface area (Å²) in [6, 6.07) is -1.01. The molecule has 1 saturated heterocycles. The molecule has 1 fully saturated rings. The molecule has 0 spiro atoms. The molecule has 6 nitrogen and oxygen atoms in total. The summed E-state index contributed by atoms with van der Waals surface area (Å²) in [5.41, 5.74) is -0.538. The van der Waals surface area contributed by atoms with Crippen LogP contribution in [0.3, 0.4) is 0 Å². The molecular formula is C13H23N3O3. The minimum absolute atomic E-state index is 0.158. The van der Waals surface area contributed by atoms with Crippen molar-refractivity contribution < 1.29 is 14.4 Å². The topological polar surface area (TPSA) is 78.5 Å². The lowest BCUT2D eigenvalue weighted by Crippen LogP contribution is -2.62. The number of hydrogen-bond acceptors (Lipinski definition) is 3. The Hall–Kier alpha value is -1.59. The van der Waals surface area contributed by atoms with Crippen molar-refractivity contribution in [2.45, 2.75) is 46.2 Å². The Morgan fingerprint density at radius 1 is 1.26 bits per heavy atom. The molecule has 1 unspecified atom stereocenters. The van der Waals surface area contributed by atoms with Crippen LogP contribution >= 0.6 is 0 Å². The van der Waals surface area contributed by atoms with Crippen molar-refractivity contribution >= 4 is 17.7 Å². The molecule has 2 atom stereocenters. The highest BCUT2D eigenvalue weighted by atomic mass is 16.2. The van der Waals surface area contributed by atoms with E-state index in [0.29, 0.717) is 13.0 Å². The number of nitrogens with one attached hydrogen (secondary N) is 2. The summed E-state index contributed by atoms with van der Waals surface area (Å²) >= 11 is 0. The van der Waals surface area contributed by atoms with Gasteiger partial charge in [-0.05, 0) is 13.3 Å². The van der Waals surface area contributed by atoms with Gasteiger partial charge in [0.1, 0.15) is 12.1 Å². The first kappa shape index (κ1) is 15.5. The molecule has 19 heavy (non-hydrogen) atoms. The van der Waals surface area contributed by atoms with Crippen LogP contribution in [0.15, 0.2) is 0 Å². The van der Waals surface area contributed by atoms with Gasteiger partial charge in [-0.25, -0.2) is 0 Å². The van der Waals surface area contributed by atoms with Crippen molar-refractivity contribution in [1.82, 2.24) is 15.5 Å². The molecule has 1 heterocycles. The summed E-state index contributed by atoms with van der Waals surface area (Å²) in [7, 11) is 1.55. The number of likely N-dealkylation sites (tertiary alicyclic amines) is 1. The zero-order chi connectivity index (χ0) is 14.8. The van der Waals surface area contributed by atoms with Gasteiger partial charge in [0.15, 0.2) is 0 Å². The summed E-state index contributed by atoms with van der Waals surface area (Å²) < 4.78 is 0. The number of likely N-dealkylation sites (N-methyl/N-ethyl adjacent to an activating group) is 1. The van der Waals surface area contributed by atoms with E-state index in [1.807, 2.05) is 0 Å². The lowest BCUT2D eigenvalue weighted by atomic mass is 9.95. The standard InChI is InChI=1S/C13H23N3O3/c1-8(15-12(19)13(2,3)4)11(18)16-7-6-9(16)10(17)14-5/h8-9H,6-7H2,1-5H3,(H,14,17)(H,15,19)/t8-,9?/m0/s1. The third-order valence-electron chi connectivity index (χ3n) is 3.25. The Balaban J connectivity index is 2.59. The van der Waals surface area contributed by atoms with E-state index < -0.39 is 17.5 Å². The van der Waals surface area contributed by atoms with Crippen molar-refractivity contribution in [3.63, 3.8) is 0 Å². The number of nitrogens with zero attached hydrogens (tertiary/aromatic N) is 1. The first-order chi connectivity index (χ1) is 8.68. The van der Waals surface area contributed by atoms with Crippen molar-refractivity contribution in [2.75, 3.05) is 13.6 Å². The van der Waals surface area contributed by atoms with Gasteiger partial charge in [0.05, 0.1) is 0 Å². The molecule has 0 aromatic heterocycles. The molecule has 0 bridgehead atoms. The predicted octanol–water partition coefficient (Wildman–Crippen LogP) is -0.116. The highest BCUT2D eigenvalue weighted by Gasteiger charge is 2.39. The predicted molar refractivity (Wildman–Crippen MR) is 71.2 cm³/mol. The number of carbonyl (C=O) groups excluding carboxylic acids is 3. The Labute approximate surface area is 113 Å². The highest BCUT2D eigenvalue weighted by Crippen LogP contribution is 2.19. The molecule has 0 aromatic rings. The van der Waals surface area contributed by atoms with E-state index in [1.54, 1.807) is 34.7 Å². The average Bonchev–Trinajstić information content (AvgIpc) is 2.25. The van der Waals surface area contributed by atoms with Crippen molar-refractivity contribution in [2.24, 2.45) is 5.41 Å². The summed E-state index contributed by atoms with van der Waals surface area (Å²) in [5, 5.41) is 5.22. The lowest BCUT2D eigenvalue weighted by Gasteiger charge is -2.41. The van der Waals surface area contributed by atoms with Gasteiger partial charge >= 0.3 is 0 Å². The molecule has 3 amide bonds. The van der Waals surface area contributed by atoms with Gasteiger partial charge in [-0.3, -0.25) is 14.4 Å². The number of amides is 3. The first-order valence-corrected chi connectivity index (χ1v) is 6.51. The van der Waals surface area contributed by atoms with Gasteiger partial charge < -0.3 is 15.5 Å². The van der Waals surface area contributed by atoms with Gasteiger partial charge in [-0.1, -0.05) is 20.8 Å². The quantitative estimate of drug-likeness (QED) is 0.750. The van der Waals surface area contributed by atoms with Crippen LogP contribution in [0.5, 0.6) is 0 Å². The van der Waals surface area contributed by atoms with E-state index in [1.165, 1.54) is 4.90 Å². The minimum atomic E-state index is -0.612. The third kappa shape index (κ3) is 3.45. The van der Waals surface area contributed by atoms with Crippen molar-refractivity contribution in [3.05, 3.63) is 0 Å². The van der Waals surface area contributed by atoms with Gasteiger partial charge in [0.2, 0.25) is 17.7 Å². The molecule has 1 aliphatic heterocycles. The monoisotopic (exact) mass is 269 g/mol. The minimum Gasteiger partial charge on any atom is -0.357 e. The Kier molecular flexibility index (Phi) is 4.55. The molecular weight excluding hydrogens is 246 g/mol. The molecule has 0 saturated carbocycles. The Morgan fingerprint density at radius 3 is 2.21 bits per heavy atom. The number of rotatable bonds is 3. The van der Waals surface area contributed by atoms with Crippen molar-refractivity contribution in [1.29, 1.82) is 0 Å². The van der Waals surface area contributed by atoms with E-state index in [0.717, 1.165) is 0 Å². The fraction of sp³-hybridized carbons (Fsp3) is 0.769. The van der Waals surface area contributed by atoms with Crippen LogP contribution in [0.25, 0.3) is 0 Å². The fourth-order valence-corrected chi connectivity index (χ4v) is 1.81. The molecule has 0 radical (unpaired) electrons. The van der Waals surface area contributed by atoms with E-state index in [2.05, 4.69) is 10.6 Å². The number of hydrogen-bond donors (Lipinski definition) is 2. The maximum absolute atomic E-state index is 12.1. The van der Waals surface area contributed by atoms with Gasteiger partial charge in [-0.15, -0.1) is 0 Å². The zero-order valence-electron chi connectivity index (χ0n) is 12.2. The maximum Gasteiger partial charge on any atom is 0.245 e. The van der Waals surface area contributed by atoms with Crippen LogP contribution < -0.4 is 10.6 Å². The van der Waals surface area contributed by atoms with E-state index in [4.69, 9.17) is 0 Å². The van der Waals surface area contributed by atoms with E-state index in [-0.39, 0.29) is 17.7 Å². The lowest BCUT2D eigenvalue weighted by molar-refractivity contribution is -0.149. The van der Waals surface area contributed by atoms with Crippen LogP contribution in [-0.4, -0.2) is 48.3 Å². The SMILES string of the molecule is CNC(=O)C1CCN1C(=O)[C@H](C)NC(=O)C(C)(C)C. The summed E-state index contributed by atoms with van der Waals surface area (Å²) in [6.45, 7) is 7.57. The summed E-state index contributed by atoms with van der Waals surface area (Å²) in [4.78, 5) is 37.0. The van der Waals surface area contributed by atoms with Crippen LogP contribution in [0.1, 0.15) is 34.1 Å². The van der Waals surface area contributed by atoms with Crippen LogP contribution in [0.2, 0.25) is 0 Å². The van der Waals surface area contributed by atoms with Gasteiger partial charge in [0, 0.05) is 19.0 Å². The Bertz CT molecular complexity index is 387. The van der Waals surface area contributed by atoms with Crippen LogP contribution in [0.4, 0.5) is 0 Å². The first-order valence-electron chi connectivity index (χ1n) is 6.51. The van der Waals surface area contributed by atoms with E-state index in [9.17, 15) is 14.4 Å². The zero-order valence-corrected chi connectivity index (χ0v) is 12.2. The van der Waals surface area contributed by atoms with E-state index >= 15 is 0 Å². The molecule has 108 valence electrons. The molecule has 2 N–H and O–H groups in total. The molecule has 0 aliphatic carbocycles. The van der Waals surface area contributed by atoms with Gasteiger partial charge in [-0.2, -0.15) is 0 Å². The fourth-order valence-electron chi connectivity index (χ4n) is 1.81. The second-order valence-corrected chi connectivity index (χ2v) is 5.90. The van der Waals surface area contributed by atoms with Crippen molar-refractivity contribution in [3.8, 4) is 0 Å². The third-order valence-corrected chi connectivity index (χ3v) is 3.25. The Morgan fingerprint density at radius 2 is 1.84 bits per heavy atom. The molecule has 6 heteroatoms. The summed E-state index contributed by atoms with van der Waals surface area (Å²) in [5.74, 6) is -0.545. The molecule has 1 rings (SSSR count). The van der Waals surface area contributed by atoms with Crippen LogP contribution in [0, 0.1) is 5.41 Å². The largest absolute Gasteiger partial charge is 0.357 e. The highest BCUT2D eigenvalue weighted by molar-refractivity contribution is 5.93. The van der Waals surface area contributed by atoms with Crippen LogP contribution in [-0.2, 0) is 14.4 Å². The molecule has 1 aliphatic rings. The maximum atomic E-state index is 12.1. The second kappa shape index (κ2) is 5.59. The normalized spacial score (nSPS) is 20.3.